The van der Waals surface area contributed by atoms with E-state index in [9.17, 15) is 0 Å². The fourth-order valence-electron chi connectivity index (χ4n) is 8.57. The molecule has 0 atom stereocenters. The molecule has 0 aliphatic carbocycles. The molecule has 5 nitrogen and oxygen atoms in total. The summed E-state index contributed by atoms with van der Waals surface area (Å²) >= 11 is 0. The third-order valence-corrected chi connectivity index (χ3v) is 11.6. The quantitative estimate of drug-likeness (QED) is 0.142. The minimum absolute atomic E-state index is 0. The summed E-state index contributed by atoms with van der Waals surface area (Å²) in [5, 5.41) is 2.28. The first kappa shape index (κ1) is 39.9. The molecule has 0 bridgehead atoms. The minimum atomic E-state index is -0.0442. The summed E-state index contributed by atoms with van der Waals surface area (Å²) in [6.45, 7) is 11.2. The Kier molecular flexibility index (Phi) is 10.6. The smallest absolute Gasteiger partial charge is 0.188 e. The molecule has 0 spiro atoms. The van der Waals surface area contributed by atoms with Crippen molar-refractivity contribution in [3.05, 3.63) is 200 Å². The van der Waals surface area contributed by atoms with E-state index in [4.69, 9.17) is 4.98 Å². The molecule has 0 unspecified atom stereocenters. The second-order valence-corrected chi connectivity index (χ2v) is 16.8. The fraction of sp³-hybridized carbons (Fsp3) is 0.127. The number of hydrogen-bond donors (Lipinski definition) is 0. The van der Waals surface area contributed by atoms with E-state index >= 15 is 0 Å². The first-order chi connectivity index (χ1) is 29.2. The van der Waals surface area contributed by atoms with Crippen LogP contribution in [0.5, 0.6) is 0 Å². The summed E-state index contributed by atoms with van der Waals surface area (Å²) in [5.74, 6) is 0.870. The zero-order valence-corrected chi connectivity index (χ0v) is 37.2. The second-order valence-electron chi connectivity index (χ2n) is 16.8. The first-order valence-corrected chi connectivity index (χ1v) is 20.7. The Bertz CT molecular complexity index is 3120. The van der Waals surface area contributed by atoms with Crippen molar-refractivity contribution < 1.29 is 21.1 Å². The number of hydrogen-bond acceptors (Lipinski definition) is 2. The molecule has 3 aromatic heterocycles. The van der Waals surface area contributed by atoms with Gasteiger partial charge in [0, 0.05) is 61.7 Å². The van der Waals surface area contributed by atoms with E-state index in [-0.39, 0.29) is 32.5 Å². The van der Waals surface area contributed by atoms with Gasteiger partial charge in [-0.3, -0.25) is 0 Å². The fourth-order valence-corrected chi connectivity index (χ4v) is 8.57. The van der Waals surface area contributed by atoms with Crippen LogP contribution in [0, 0.1) is 12.1 Å². The van der Waals surface area contributed by atoms with Gasteiger partial charge in [0.1, 0.15) is 5.82 Å². The Morgan fingerprint density at radius 2 is 1.20 bits per heavy atom. The Balaban J connectivity index is 0.00000476. The van der Waals surface area contributed by atoms with E-state index in [0.29, 0.717) is 0 Å². The number of imidazole rings is 1. The molecule has 61 heavy (non-hydrogen) atoms. The van der Waals surface area contributed by atoms with Gasteiger partial charge in [-0.25, -0.2) is 14.1 Å². The third-order valence-electron chi connectivity index (χ3n) is 11.6. The normalized spacial score (nSPS) is 11.7. The molecule has 3 heterocycles. The number of aromatic nitrogens is 4. The van der Waals surface area contributed by atoms with Crippen molar-refractivity contribution in [1.82, 2.24) is 18.7 Å². The third kappa shape index (κ3) is 7.17. The molecule has 0 amide bonds. The van der Waals surface area contributed by atoms with Gasteiger partial charge >= 0.3 is 0 Å². The maximum Gasteiger partial charge on any atom is 0.188 e. The van der Waals surface area contributed by atoms with Crippen molar-refractivity contribution in [1.29, 1.82) is 0 Å². The zero-order chi connectivity index (χ0) is 41.0. The van der Waals surface area contributed by atoms with Gasteiger partial charge in [-0.1, -0.05) is 141 Å². The van der Waals surface area contributed by atoms with Crippen molar-refractivity contribution in [2.24, 2.45) is 0 Å². The number of benzene rings is 7. The molecule has 302 valence electrons. The monoisotopic (exact) mass is 971 g/mol. The standard InChI is InChI=1S/C55H46N5.Pt/c1-38(2)57-37-58(51-29-15-14-28-50(51)57)42-22-16-23-43(35-42)59(54-45(39-18-8-6-9-19-39)25-17-26-46(54)40-20-10-7-11-21-40)44-30-31-48-47-24-12-13-27-49(47)60(52(48)36-44)53-34-41(32-33-56-53)55(3,4)5;/h6-34,37-38H,1-5H3;/q-1;. The molecular formula is C55H46N5Pt-. The SMILES string of the molecule is CC(C)n1[cH+]n(-c2[c-]c(N(c3[c-]c4c(cc3)c3ccccc3n4-c3cc(C(C)(C)C)ccn3)c3c(-c4ccccc4)cccc3-c3ccccc3)ccc2)c2ccccc21.[Pt]. The van der Waals surface area contributed by atoms with Gasteiger partial charge in [0.2, 0.25) is 0 Å². The Labute approximate surface area is 372 Å². The molecule has 0 fully saturated rings. The van der Waals surface area contributed by atoms with Gasteiger partial charge in [0.25, 0.3) is 0 Å². The average Bonchev–Trinajstić information content (AvgIpc) is 3.84. The van der Waals surface area contributed by atoms with Crippen molar-refractivity contribution in [3.63, 3.8) is 0 Å². The molecular weight excluding hydrogens is 926 g/mol. The van der Waals surface area contributed by atoms with E-state index in [0.717, 1.165) is 78.1 Å². The second kappa shape index (κ2) is 16.1. The summed E-state index contributed by atoms with van der Waals surface area (Å²) in [4.78, 5) is 7.35. The topological polar surface area (TPSA) is 30.9 Å². The van der Waals surface area contributed by atoms with Crippen LogP contribution < -0.4 is 4.90 Å². The van der Waals surface area contributed by atoms with Crippen LogP contribution in [0.25, 0.3) is 66.6 Å². The summed E-state index contributed by atoms with van der Waals surface area (Å²) in [7, 11) is 0. The van der Waals surface area contributed by atoms with Gasteiger partial charge in [0.15, 0.2) is 17.4 Å². The molecule has 0 N–H and O–H groups in total. The van der Waals surface area contributed by atoms with Gasteiger partial charge < -0.3 is 9.47 Å². The predicted octanol–water partition coefficient (Wildman–Crippen LogP) is 14.5. The summed E-state index contributed by atoms with van der Waals surface area (Å²) < 4.78 is 6.87. The van der Waals surface area contributed by atoms with E-state index in [1.807, 2.05) is 6.20 Å². The largest absolute Gasteiger partial charge is 0.357 e. The maximum absolute atomic E-state index is 5.00. The number of para-hydroxylation sites is 4. The van der Waals surface area contributed by atoms with Crippen LogP contribution in [0.4, 0.5) is 17.1 Å². The summed E-state index contributed by atoms with van der Waals surface area (Å²) in [5.41, 5.74) is 13.8. The number of nitrogens with zero attached hydrogens (tertiary/aromatic N) is 5. The number of fused-ring (bicyclic) bond motifs is 4. The molecule has 0 aliphatic rings. The Morgan fingerprint density at radius 1 is 0.590 bits per heavy atom. The van der Waals surface area contributed by atoms with Crippen LogP contribution >= 0.6 is 0 Å². The van der Waals surface area contributed by atoms with Gasteiger partial charge in [-0.05, 0) is 71.7 Å². The Morgan fingerprint density at radius 3 is 1.87 bits per heavy atom. The van der Waals surface area contributed by atoms with E-state index in [1.54, 1.807) is 0 Å². The van der Waals surface area contributed by atoms with Crippen molar-refractivity contribution in [2.45, 2.75) is 46.1 Å². The Hall–Kier alpha value is -6.55. The number of pyridine rings is 1. The summed E-state index contributed by atoms with van der Waals surface area (Å²) in [6, 6.07) is 68.8. The predicted molar refractivity (Wildman–Crippen MR) is 250 cm³/mol. The minimum Gasteiger partial charge on any atom is -0.357 e. The van der Waals surface area contributed by atoms with Crippen LogP contribution in [0.1, 0.15) is 46.2 Å². The van der Waals surface area contributed by atoms with Crippen LogP contribution in [-0.2, 0) is 26.5 Å². The van der Waals surface area contributed by atoms with Crippen molar-refractivity contribution in [3.8, 4) is 33.8 Å². The average molecular weight is 972 g/mol. The molecule has 0 aliphatic heterocycles. The van der Waals surface area contributed by atoms with Crippen LogP contribution in [0.2, 0.25) is 0 Å². The zero-order valence-electron chi connectivity index (χ0n) is 35.0. The summed E-state index contributed by atoms with van der Waals surface area (Å²) in [6.07, 6.45) is 4.14. The van der Waals surface area contributed by atoms with Gasteiger partial charge in [-0.15, -0.1) is 29.7 Å². The molecule has 0 saturated heterocycles. The van der Waals surface area contributed by atoms with Gasteiger partial charge in [0.05, 0.1) is 11.7 Å². The van der Waals surface area contributed by atoms with E-state index < -0.39 is 0 Å². The van der Waals surface area contributed by atoms with Crippen molar-refractivity contribution in [2.75, 3.05) is 4.90 Å². The maximum atomic E-state index is 5.00. The van der Waals surface area contributed by atoms with E-state index in [1.165, 1.54) is 11.1 Å². The molecule has 0 radical (unpaired) electrons. The van der Waals surface area contributed by atoms with Crippen LogP contribution in [0.15, 0.2) is 182 Å². The first-order valence-electron chi connectivity index (χ1n) is 20.7. The van der Waals surface area contributed by atoms with Crippen LogP contribution in [0.3, 0.4) is 0 Å². The molecule has 10 aromatic rings. The molecule has 6 heteroatoms. The van der Waals surface area contributed by atoms with Gasteiger partial charge in [-0.2, -0.15) is 12.1 Å². The molecule has 7 aromatic carbocycles. The number of rotatable bonds is 8. The van der Waals surface area contributed by atoms with Crippen LogP contribution in [-0.4, -0.2) is 18.7 Å². The molecule has 0 saturated carbocycles. The number of anilines is 3. The molecule has 10 rings (SSSR count). The van der Waals surface area contributed by atoms with Crippen molar-refractivity contribution >= 4 is 49.9 Å². The van der Waals surface area contributed by atoms with E-state index in [2.05, 4.69) is 242 Å².